The molecule has 8 heteroatoms. The van der Waals surface area contributed by atoms with Crippen molar-refractivity contribution >= 4 is 16.9 Å². The Kier molecular flexibility index (Phi) is 4.37. The Bertz CT molecular complexity index is 981. The number of rotatable bonds is 6. The lowest BCUT2D eigenvalue weighted by atomic mass is 9.97. The Morgan fingerprint density at radius 1 is 1.44 bits per heavy atom. The molecule has 1 aromatic carbocycles. The van der Waals surface area contributed by atoms with Crippen LogP contribution in [-0.2, 0) is 18.4 Å². The number of furan rings is 1. The highest BCUT2D eigenvalue weighted by Crippen LogP contribution is 2.30. The second kappa shape index (κ2) is 6.71. The van der Waals surface area contributed by atoms with Gasteiger partial charge in [-0.1, -0.05) is 0 Å². The van der Waals surface area contributed by atoms with E-state index >= 15 is 0 Å². The number of nitrogens with zero attached hydrogens (tertiary/aromatic N) is 2. The van der Waals surface area contributed by atoms with Crippen LogP contribution in [0, 0.1) is 6.92 Å². The summed E-state index contributed by atoms with van der Waals surface area (Å²) in [6.07, 6.45) is 3.57. The Hall–Kier alpha value is -2.84. The van der Waals surface area contributed by atoms with Crippen LogP contribution in [-0.4, -0.2) is 45.9 Å². The Morgan fingerprint density at radius 2 is 2.26 bits per heavy atom. The van der Waals surface area contributed by atoms with Crippen molar-refractivity contribution in [3.63, 3.8) is 0 Å². The van der Waals surface area contributed by atoms with Crippen LogP contribution in [0.15, 0.2) is 35.0 Å². The first-order valence-corrected chi connectivity index (χ1v) is 8.65. The van der Waals surface area contributed by atoms with Crippen LogP contribution in [0.4, 0.5) is 0 Å². The summed E-state index contributed by atoms with van der Waals surface area (Å²) >= 11 is 0. The lowest BCUT2D eigenvalue weighted by Crippen LogP contribution is -2.64. The summed E-state index contributed by atoms with van der Waals surface area (Å²) in [5.74, 6) is 1.62. The number of hydrogen-bond donors (Lipinski definition) is 2. The Balaban J connectivity index is 1.59. The number of fused-ring (bicyclic) bond motifs is 1. The van der Waals surface area contributed by atoms with E-state index in [0.29, 0.717) is 47.9 Å². The number of imidazole rings is 1. The van der Waals surface area contributed by atoms with E-state index in [0.717, 1.165) is 5.82 Å². The van der Waals surface area contributed by atoms with Gasteiger partial charge in [-0.05, 0) is 25.1 Å². The van der Waals surface area contributed by atoms with E-state index < -0.39 is 5.54 Å². The van der Waals surface area contributed by atoms with Crippen LogP contribution in [0.1, 0.15) is 21.9 Å². The van der Waals surface area contributed by atoms with Gasteiger partial charge in [0.15, 0.2) is 0 Å². The summed E-state index contributed by atoms with van der Waals surface area (Å²) in [4.78, 5) is 17.0. The molecule has 3 heterocycles. The minimum atomic E-state index is -0.723. The van der Waals surface area contributed by atoms with Crippen LogP contribution in [0.3, 0.4) is 0 Å². The topological polar surface area (TPSA) is 98.8 Å². The molecule has 4 rings (SSSR count). The van der Waals surface area contributed by atoms with Crippen LogP contribution >= 0.6 is 0 Å². The monoisotopic (exact) mass is 371 g/mol. The molecule has 1 aliphatic heterocycles. The first-order chi connectivity index (χ1) is 13.0. The van der Waals surface area contributed by atoms with E-state index in [9.17, 15) is 9.90 Å². The highest BCUT2D eigenvalue weighted by Gasteiger charge is 2.40. The maximum Gasteiger partial charge on any atom is 0.256 e. The molecule has 0 atom stereocenters. The van der Waals surface area contributed by atoms with Crippen molar-refractivity contribution in [2.75, 3.05) is 19.8 Å². The van der Waals surface area contributed by atoms with Crippen LogP contribution in [0.25, 0.3) is 11.0 Å². The Labute approximate surface area is 155 Å². The molecule has 2 aromatic heterocycles. The van der Waals surface area contributed by atoms with Gasteiger partial charge < -0.3 is 28.9 Å². The van der Waals surface area contributed by atoms with Gasteiger partial charge in [-0.3, -0.25) is 4.79 Å². The van der Waals surface area contributed by atoms with Crippen LogP contribution in [0.2, 0.25) is 0 Å². The molecule has 0 aliphatic carbocycles. The maximum atomic E-state index is 12.8. The highest BCUT2D eigenvalue weighted by molar-refractivity contribution is 6.07. The summed E-state index contributed by atoms with van der Waals surface area (Å²) in [5, 5.41) is 13.1. The number of carbonyl (C=O) groups excluding carboxylic acids is 1. The second-order valence-corrected chi connectivity index (χ2v) is 6.82. The summed E-state index contributed by atoms with van der Waals surface area (Å²) in [7, 11) is 1.90. The fourth-order valence-electron chi connectivity index (χ4n) is 3.11. The summed E-state index contributed by atoms with van der Waals surface area (Å²) < 4.78 is 18.6. The summed E-state index contributed by atoms with van der Waals surface area (Å²) in [6, 6.07) is 5.36. The first kappa shape index (κ1) is 17.6. The van der Waals surface area contributed by atoms with E-state index in [-0.39, 0.29) is 12.5 Å². The molecule has 3 aromatic rings. The van der Waals surface area contributed by atoms with E-state index in [4.69, 9.17) is 13.9 Å². The smallest absolute Gasteiger partial charge is 0.256 e. The van der Waals surface area contributed by atoms with Gasteiger partial charge in [-0.25, -0.2) is 4.98 Å². The molecule has 1 amide bonds. The normalized spacial score (nSPS) is 15.5. The minimum Gasteiger partial charge on any atom is -0.486 e. The van der Waals surface area contributed by atoms with Gasteiger partial charge in [0.05, 0.1) is 25.4 Å². The van der Waals surface area contributed by atoms with E-state index in [1.807, 2.05) is 17.8 Å². The largest absolute Gasteiger partial charge is 0.486 e. The molecule has 2 N–H and O–H groups in total. The zero-order chi connectivity index (χ0) is 19.0. The van der Waals surface area contributed by atoms with Gasteiger partial charge in [-0.15, -0.1) is 0 Å². The van der Waals surface area contributed by atoms with Gasteiger partial charge in [0.1, 0.15) is 35.1 Å². The third-order valence-corrected chi connectivity index (χ3v) is 4.79. The number of aryl methyl sites for hydroxylation is 2. The zero-order valence-corrected chi connectivity index (χ0v) is 15.2. The molecule has 1 saturated heterocycles. The molecule has 1 fully saturated rings. The van der Waals surface area contributed by atoms with Crippen molar-refractivity contribution in [2.45, 2.75) is 19.1 Å². The predicted molar refractivity (Wildman–Crippen MR) is 96.6 cm³/mol. The highest BCUT2D eigenvalue weighted by atomic mass is 16.5. The lowest BCUT2D eigenvalue weighted by molar-refractivity contribution is -0.0919. The number of nitrogens with one attached hydrogen (secondary N) is 1. The predicted octanol–water partition coefficient (Wildman–Crippen LogP) is 1.54. The molecule has 0 saturated carbocycles. The number of benzene rings is 1. The first-order valence-electron chi connectivity index (χ1n) is 8.65. The van der Waals surface area contributed by atoms with Gasteiger partial charge in [0.2, 0.25) is 0 Å². The van der Waals surface area contributed by atoms with Gasteiger partial charge in [0.25, 0.3) is 5.91 Å². The van der Waals surface area contributed by atoms with Crippen molar-refractivity contribution in [3.8, 4) is 5.75 Å². The number of ether oxygens (including phenoxy) is 2. The fourth-order valence-corrected chi connectivity index (χ4v) is 3.11. The molecule has 0 bridgehead atoms. The van der Waals surface area contributed by atoms with Gasteiger partial charge in [-0.2, -0.15) is 0 Å². The molecule has 0 spiro atoms. The quantitative estimate of drug-likeness (QED) is 0.682. The molecular weight excluding hydrogens is 350 g/mol. The van der Waals surface area contributed by atoms with Crippen molar-refractivity contribution < 1.29 is 23.8 Å². The van der Waals surface area contributed by atoms with Crippen LogP contribution < -0.4 is 10.1 Å². The summed E-state index contributed by atoms with van der Waals surface area (Å²) in [5.41, 5.74) is 0.316. The van der Waals surface area contributed by atoms with Crippen molar-refractivity contribution in [1.82, 2.24) is 14.9 Å². The molecule has 0 radical (unpaired) electrons. The maximum absolute atomic E-state index is 12.8. The Morgan fingerprint density at radius 3 is 2.89 bits per heavy atom. The average molecular weight is 371 g/mol. The van der Waals surface area contributed by atoms with Gasteiger partial charge in [0, 0.05) is 24.8 Å². The van der Waals surface area contributed by atoms with Crippen molar-refractivity contribution in [1.29, 1.82) is 0 Å². The lowest BCUT2D eigenvalue weighted by Gasteiger charge is -2.40. The standard InChI is InChI=1S/C19H21N3O5/c1-12-17(18(24)21-19(9-23)10-25-11-19)14-7-13(3-4-15(14)27-12)26-8-16-20-5-6-22(16)2/h3-7,23H,8-11H2,1-2H3,(H,21,24). The molecule has 142 valence electrons. The molecular formula is C19H21N3O5. The van der Waals surface area contributed by atoms with E-state index in [2.05, 4.69) is 10.3 Å². The number of aliphatic hydroxyl groups is 1. The molecule has 0 unspecified atom stereocenters. The molecule has 27 heavy (non-hydrogen) atoms. The van der Waals surface area contributed by atoms with Crippen molar-refractivity contribution in [3.05, 3.63) is 47.7 Å². The number of aliphatic hydroxyl groups excluding tert-OH is 1. The fraction of sp³-hybridized carbons (Fsp3) is 0.368. The van der Waals surface area contributed by atoms with Gasteiger partial charge >= 0.3 is 0 Å². The zero-order valence-electron chi connectivity index (χ0n) is 15.2. The number of hydrogen-bond acceptors (Lipinski definition) is 6. The van der Waals surface area contributed by atoms with E-state index in [1.165, 1.54) is 0 Å². The van der Waals surface area contributed by atoms with E-state index in [1.54, 1.807) is 31.3 Å². The summed E-state index contributed by atoms with van der Waals surface area (Å²) in [6.45, 7) is 2.47. The van der Waals surface area contributed by atoms with Crippen LogP contribution in [0.5, 0.6) is 5.75 Å². The SMILES string of the molecule is Cc1oc2ccc(OCc3nccn3C)cc2c1C(=O)NC1(CO)COC1. The molecule has 1 aliphatic rings. The number of aromatic nitrogens is 2. The van der Waals surface area contributed by atoms with Crippen molar-refractivity contribution in [2.24, 2.45) is 7.05 Å². The number of carbonyl (C=O) groups is 1. The third kappa shape index (κ3) is 3.17. The average Bonchev–Trinajstić information content (AvgIpc) is 3.17. The second-order valence-electron chi connectivity index (χ2n) is 6.82. The minimum absolute atomic E-state index is 0.175. The third-order valence-electron chi connectivity index (χ3n) is 4.79. The molecule has 8 nitrogen and oxygen atoms in total. The number of amides is 1.